The summed E-state index contributed by atoms with van der Waals surface area (Å²) in [7, 11) is 0. The fourth-order valence-electron chi connectivity index (χ4n) is 2.76. The molecule has 112 valence electrons. The highest BCUT2D eigenvalue weighted by atomic mass is 16.4. The van der Waals surface area contributed by atoms with Crippen LogP contribution in [0.4, 0.5) is 0 Å². The summed E-state index contributed by atoms with van der Waals surface area (Å²) in [4.78, 5) is 11.1. The van der Waals surface area contributed by atoms with E-state index in [1.165, 1.54) is 0 Å². The van der Waals surface area contributed by atoms with Crippen LogP contribution < -0.4 is 0 Å². The molecule has 0 fully saturated rings. The van der Waals surface area contributed by atoms with Gasteiger partial charge in [0.05, 0.1) is 25.8 Å². The van der Waals surface area contributed by atoms with Crippen molar-refractivity contribution in [2.45, 2.75) is 26.6 Å². The van der Waals surface area contributed by atoms with Crippen molar-refractivity contribution in [3.63, 3.8) is 0 Å². The van der Waals surface area contributed by atoms with E-state index in [1.807, 2.05) is 41.9 Å². The van der Waals surface area contributed by atoms with Crippen molar-refractivity contribution in [3.8, 4) is 11.3 Å². The standard InChI is InChI=1S/C16H17N5O/c1-12-18-15-10-20(7-8-21(15)19-12)11-16-17-9-14(22-16)13-5-3-2-4-6-13/h2-6,9H,7-8,10-11H2,1H3. The fraction of sp³-hybridized carbons (Fsp3) is 0.312. The largest absolute Gasteiger partial charge is 0.439 e. The molecule has 0 unspecified atom stereocenters. The first-order chi connectivity index (χ1) is 10.8. The first kappa shape index (κ1) is 13.2. The van der Waals surface area contributed by atoms with E-state index < -0.39 is 0 Å². The van der Waals surface area contributed by atoms with Crippen LogP contribution in [0.15, 0.2) is 40.9 Å². The molecule has 2 aromatic heterocycles. The number of rotatable bonds is 3. The second-order valence-electron chi connectivity index (χ2n) is 5.49. The molecule has 0 aliphatic carbocycles. The van der Waals surface area contributed by atoms with Gasteiger partial charge < -0.3 is 4.42 Å². The van der Waals surface area contributed by atoms with E-state index in [1.54, 1.807) is 6.20 Å². The predicted molar refractivity (Wildman–Crippen MR) is 80.8 cm³/mol. The number of benzene rings is 1. The number of fused-ring (bicyclic) bond motifs is 1. The highest BCUT2D eigenvalue weighted by molar-refractivity contribution is 5.55. The highest BCUT2D eigenvalue weighted by Crippen LogP contribution is 2.21. The Morgan fingerprint density at radius 3 is 2.91 bits per heavy atom. The molecule has 6 nitrogen and oxygen atoms in total. The predicted octanol–water partition coefficient (Wildman–Crippen LogP) is 2.26. The molecule has 0 saturated carbocycles. The molecule has 1 aromatic carbocycles. The lowest BCUT2D eigenvalue weighted by Gasteiger charge is -2.25. The summed E-state index contributed by atoms with van der Waals surface area (Å²) >= 11 is 0. The van der Waals surface area contributed by atoms with Crippen LogP contribution in [0.5, 0.6) is 0 Å². The summed E-state index contributed by atoms with van der Waals surface area (Å²) in [6.07, 6.45) is 1.79. The van der Waals surface area contributed by atoms with Gasteiger partial charge >= 0.3 is 0 Å². The van der Waals surface area contributed by atoms with Gasteiger partial charge in [-0.1, -0.05) is 30.3 Å². The number of aromatic nitrogens is 4. The summed E-state index contributed by atoms with van der Waals surface area (Å²) in [6.45, 7) is 5.19. The Hall–Kier alpha value is -2.47. The Morgan fingerprint density at radius 2 is 2.05 bits per heavy atom. The van der Waals surface area contributed by atoms with Gasteiger partial charge in [0.1, 0.15) is 11.6 Å². The third kappa shape index (κ3) is 2.53. The zero-order valence-corrected chi connectivity index (χ0v) is 12.4. The molecule has 0 spiro atoms. The molecule has 0 radical (unpaired) electrons. The van der Waals surface area contributed by atoms with Crippen LogP contribution in [-0.2, 0) is 19.6 Å². The van der Waals surface area contributed by atoms with Gasteiger partial charge in [-0.05, 0) is 6.92 Å². The van der Waals surface area contributed by atoms with Crippen LogP contribution in [0.25, 0.3) is 11.3 Å². The molecular formula is C16H17N5O. The van der Waals surface area contributed by atoms with Crippen LogP contribution in [0.2, 0.25) is 0 Å². The van der Waals surface area contributed by atoms with E-state index in [0.717, 1.165) is 48.5 Å². The quantitative estimate of drug-likeness (QED) is 0.741. The Kier molecular flexibility index (Phi) is 3.23. The maximum atomic E-state index is 5.87. The van der Waals surface area contributed by atoms with Crippen molar-refractivity contribution in [2.75, 3.05) is 6.54 Å². The van der Waals surface area contributed by atoms with Crippen LogP contribution >= 0.6 is 0 Å². The molecule has 1 aliphatic heterocycles. The van der Waals surface area contributed by atoms with Crippen molar-refractivity contribution < 1.29 is 4.42 Å². The first-order valence-corrected chi connectivity index (χ1v) is 7.41. The second-order valence-corrected chi connectivity index (χ2v) is 5.49. The second kappa shape index (κ2) is 5.38. The zero-order chi connectivity index (χ0) is 14.9. The zero-order valence-electron chi connectivity index (χ0n) is 12.4. The van der Waals surface area contributed by atoms with Crippen molar-refractivity contribution in [3.05, 3.63) is 54.1 Å². The molecule has 1 aliphatic rings. The van der Waals surface area contributed by atoms with Crippen LogP contribution in [0.1, 0.15) is 17.5 Å². The minimum atomic E-state index is 0.693. The first-order valence-electron chi connectivity index (χ1n) is 7.41. The number of aryl methyl sites for hydroxylation is 1. The Labute approximate surface area is 128 Å². The van der Waals surface area contributed by atoms with Gasteiger partial charge in [0, 0.05) is 12.1 Å². The Morgan fingerprint density at radius 1 is 1.18 bits per heavy atom. The van der Waals surface area contributed by atoms with Gasteiger partial charge in [-0.25, -0.2) is 14.6 Å². The van der Waals surface area contributed by atoms with E-state index in [0.29, 0.717) is 6.54 Å². The van der Waals surface area contributed by atoms with Crippen LogP contribution in [-0.4, -0.2) is 31.2 Å². The highest BCUT2D eigenvalue weighted by Gasteiger charge is 2.20. The lowest BCUT2D eigenvalue weighted by atomic mass is 10.2. The lowest BCUT2D eigenvalue weighted by Crippen LogP contribution is -2.33. The summed E-state index contributed by atoms with van der Waals surface area (Å²) in [5, 5.41) is 4.38. The maximum absolute atomic E-state index is 5.87. The molecule has 3 aromatic rings. The normalized spacial score (nSPS) is 15.0. The van der Waals surface area contributed by atoms with E-state index in [9.17, 15) is 0 Å². The van der Waals surface area contributed by atoms with E-state index in [4.69, 9.17) is 4.42 Å². The molecule has 4 rings (SSSR count). The van der Waals surface area contributed by atoms with E-state index in [-0.39, 0.29) is 0 Å². The van der Waals surface area contributed by atoms with Crippen molar-refractivity contribution in [1.82, 2.24) is 24.6 Å². The van der Waals surface area contributed by atoms with Crippen molar-refractivity contribution in [1.29, 1.82) is 0 Å². The molecule has 0 saturated heterocycles. The van der Waals surface area contributed by atoms with E-state index in [2.05, 4.69) is 20.0 Å². The molecule has 0 bridgehead atoms. The number of nitrogens with zero attached hydrogens (tertiary/aromatic N) is 5. The summed E-state index contributed by atoms with van der Waals surface area (Å²) < 4.78 is 7.85. The molecule has 22 heavy (non-hydrogen) atoms. The third-order valence-electron chi connectivity index (χ3n) is 3.82. The fourth-order valence-corrected chi connectivity index (χ4v) is 2.76. The maximum Gasteiger partial charge on any atom is 0.209 e. The Bertz CT molecular complexity index is 777. The van der Waals surface area contributed by atoms with Gasteiger partial charge in [-0.3, -0.25) is 4.90 Å². The smallest absolute Gasteiger partial charge is 0.209 e. The van der Waals surface area contributed by atoms with E-state index >= 15 is 0 Å². The molecule has 0 atom stereocenters. The van der Waals surface area contributed by atoms with Gasteiger partial charge in [0.15, 0.2) is 5.76 Å². The summed E-state index contributed by atoms with van der Waals surface area (Å²) in [5.41, 5.74) is 1.05. The van der Waals surface area contributed by atoms with Gasteiger partial charge in [0.2, 0.25) is 5.89 Å². The van der Waals surface area contributed by atoms with Gasteiger partial charge in [-0.15, -0.1) is 0 Å². The van der Waals surface area contributed by atoms with Crippen LogP contribution in [0.3, 0.4) is 0 Å². The monoisotopic (exact) mass is 295 g/mol. The molecule has 0 amide bonds. The molecule has 0 N–H and O–H groups in total. The Balaban J connectivity index is 1.47. The topological polar surface area (TPSA) is 60.0 Å². The summed E-state index contributed by atoms with van der Waals surface area (Å²) in [6, 6.07) is 10.0. The number of oxazole rings is 1. The average molecular weight is 295 g/mol. The van der Waals surface area contributed by atoms with Crippen LogP contribution in [0, 0.1) is 6.92 Å². The van der Waals surface area contributed by atoms with Gasteiger partial charge in [-0.2, -0.15) is 5.10 Å². The van der Waals surface area contributed by atoms with Gasteiger partial charge in [0.25, 0.3) is 0 Å². The number of hydrogen-bond acceptors (Lipinski definition) is 5. The van der Waals surface area contributed by atoms with Crippen molar-refractivity contribution in [2.24, 2.45) is 0 Å². The minimum Gasteiger partial charge on any atom is -0.439 e. The molecule has 6 heteroatoms. The summed E-state index contributed by atoms with van der Waals surface area (Å²) in [5.74, 6) is 3.40. The van der Waals surface area contributed by atoms with Crippen molar-refractivity contribution >= 4 is 0 Å². The SMILES string of the molecule is Cc1nc2n(n1)CCN(Cc1ncc(-c3ccccc3)o1)C2. The third-order valence-corrected chi connectivity index (χ3v) is 3.82. The molecular weight excluding hydrogens is 278 g/mol. The lowest BCUT2D eigenvalue weighted by molar-refractivity contribution is 0.184. The number of hydrogen-bond donors (Lipinski definition) is 0. The average Bonchev–Trinajstić information content (AvgIpc) is 3.13. The minimum absolute atomic E-state index is 0.693. The molecule has 3 heterocycles.